The maximum absolute atomic E-state index is 5.81. The summed E-state index contributed by atoms with van der Waals surface area (Å²) in [5.74, 6) is 0. The highest BCUT2D eigenvalue weighted by Gasteiger charge is 2.17. The van der Waals surface area contributed by atoms with E-state index in [2.05, 4.69) is 24.0 Å². The highest BCUT2D eigenvalue weighted by Crippen LogP contribution is 2.27. The van der Waals surface area contributed by atoms with Gasteiger partial charge in [-0.3, -0.25) is 0 Å². The Morgan fingerprint density at radius 3 is 2.54 bits per heavy atom. The number of nitrogens with one attached hydrogen (secondary N) is 1. The Labute approximate surface area is 83.4 Å². The molecule has 1 fully saturated rings. The summed E-state index contributed by atoms with van der Waals surface area (Å²) in [7, 11) is 0. The van der Waals surface area contributed by atoms with Crippen LogP contribution in [-0.2, 0) is 0 Å². The van der Waals surface area contributed by atoms with Crippen molar-refractivity contribution in [3.05, 3.63) is 47.1 Å². The van der Waals surface area contributed by atoms with E-state index in [-0.39, 0.29) is 0 Å². The van der Waals surface area contributed by atoms with E-state index in [1.807, 2.05) is 12.1 Å². The van der Waals surface area contributed by atoms with Gasteiger partial charge in [0.25, 0.3) is 0 Å². The second kappa shape index (κ2) is 3.43. The summed E-state index contributed by atoms with van der Waals surface area (Å²) in [6.45, 7) is 3.91. The van der Waals surface area contributed by atoms with Crippen LogP contribution in [0.5, 0.6) is 0 Å². The van der Waals surface area contributed by atoms with E-state index in [9.17, 15) is 0 Å². The van der Waals surface area contributed by atoms with Crippen molar-refractivity contribution < 1.29 is 0 Å². The van der Waals surface area contributed by atoms with E-state index in [0.29, 0.717) is 6.04 Å². The smallest absolute Gasteiger partial charge is 0.0514 e. The standard InChI is InChI=1S/C11H12ClN/c1-8-2-7-11(13-8)9-3-5-10(12)6-4-9/h3-6,11,13H,1-2,7H2. The molecule has 1 atom stereocenters. The fraction of sp³-hybridized carbons (Fsp3) is 0.273. The third kappa shape index (κ3) is 1.86. The zero-order chi connectivity index (χ0) is 9.26. The Kier molecular flexibility index (Phi) is 2.28. The molecular formula is C11H12ClN. The number of halogens is 1. The molecule has 1 aliphatic rings. The quantitative estimate of drug-likeness (QED) is 0.722. The van der Waals surface area contributed by atoms with Crippen molar-refractivity contribution in [2.24, 2.45) is 0 Å². The summed E-state index contributed by atoms with van der Waals surface area (Å²) in [5.41, 5.74) is 2.43. The number of hydrogen-bond acceptors (Lipinski definition) is 1. The largest absolute Gasteiger partial charge is 0.382 e. The van der Waals surface area contributed by atoms with Crippen molar-refractivity contribution in [2.75, 3.05) is 0 Å². The van der Waals surface area contributed by atoms with Crippen LogP contribution in [0.25, 0.3) is 0 Å². The SMILES string of the molecule is C=C1CCC(c2ccc(Cl)cc2)N1. The Hall–Kier alpha value is -0.950. The molecule has 1 unspecified atom stereocenters. The second-order valence-electron chi connectivity index (χ2n) is 3.39. The van der Waals surface area contributed by atoms with Crippen LogP contribution in [0.4, 0.5) is 0 Å². The zero-order valence-corrected chi connectivity index (χ0v) is 8.14. The Bertz CT molecular complexity index is 315. The van der Waals surface area contributed by atoms with E-state index in [1.54, 1.807) is 0 Å². The molecule has 0 radical (unpaired) electrons. The molecular weight excluding hydrogens is 182 g/mol. The van der Waals surface area contributed by atoms with Gasteiger partial charge in [0.2, 0.25) is 0 Å². The van der Waals surface area contributed by atoms with Crippen LogP contribution >= 0.6 is 11.6 Å². The minimum absolute atomic E-state index is 0.435. The van der Waals surface area contributed by atoms with E-state index >= 15 is 0 Å². The van der Waals surface area contributed by atoms with Crippen LogP contribution in [0.1, 0.15) is 24.4 Å². The van der Waals surface area contributed by atoms with Crippen molar-refractivity contribution in [3.8, 4) is 0 Å². The van der Waals surface area contributed by atoms with Gasteiger partial charge in [-0.2, -0.15) is 0 Å². The first-order chi connectivity index (χ1) is 6.25. The van der Waals surface area contributed by atoms with Gasteiger partial charge in [-0.1, -0.05) is 30.3 Å². The Morgan fingerprint density at radius 1 is 1.31 bits per heavy atom. The minimum atomic E-state index is 0.435. The zero-order valence-electron chi connectivity index (χ0n) is 7.39. The lowest BCUT2D eigenvalue weighted by Gasteiger charge is -2.10. The third-order valence-corrected chi connectivity index (χ3v) is 2.64. The van der Waals surface area contributed by atoms with Crippen LogP contribution < -0.4 is 5.32 Å². The van der Waals surface area contributed by atoms with Crippen molar-refractivity contribution in [1.82, 2.24) is 5.32 Å². The molecule has 0 aliphatic carbocycles. The van der Waals surface area contributed by atoms with E-state index in [4.69, 9.17) is 11.6 Å². The van der Waals surface area contributed by atoms with Gasteiger partial charge in [0.15, 0.2) is 0 Å². The Balaban J connectivity index is 2.17. The molecule has 0 amide bonds. The topological polar surface area (TPSA) is 12.0 Å². The molecule has 1 aromatic carbocycles. The average Bonchev–Trinajstić information content (AvgIpc) is 2.53. The van der Waals surface area contributed by atoms with Gasteiger partial charge < -0.3 is 5.32 Å². The van der Waals surface area contributed by atoms with Crippen molar-refractivity contribution in [3.63, 3.8) is 0 Å². The first kappa shape index (κ1) is 8.64. The van der Waals surface area contributed by atoms with Crippen LogP contribution in [0.3, 0.4) is 0 Å². The van der Waals surface area contributed by atoms with Gasteiger partial charge in [0.05, 0.1) is 6.04 Å². The van der Waals surface area contributed by atoms with E-state index in [0.717, 1.165) is 23.6 Å². The lowest BCUT2D eigenvalue weighted by atomic mass is 10.1. The summed E-state index contributed by atoms with van der Waals surface area (Å²) in [4.78, 5) is 0. The Morgan fingerprint density at radius 2 is 2.00 bits per heavy atom. The molecule has 68 valence electrons. The predicted molar refractivity (Wildman–Crippen MR) is 55.7 cm³/mol. The van der Waals surface area contributed by atoms with Crippen LogP contribution in [0.15, 0.2) is 36.5 Å². The minimum Gasteiger partial charge on any atom is -0.382 e. The molecule has 2 rings (SSSR count). The third-order valence-electron chi connectivity index (χ3n) is 2.39. The maximum atomic E-state index is 5.81. The summed E-state index contributed by atoms with van der Waals surface area (Å²) in [6.07, 6.45) is 2.22. The molecule has 0 bridgehead atoms. The van der Waals surface area contributed by atoms with Crippen molar-refractivity contribution in [1.29, 1.82) is 0 Å². The van der Waals surface area contributed by atoms with Crippen molar-refractivity contribution >= 4 is 11.6 Å². The highest BCUT2D eigenvalue weighted by atomic mass is 35.5. The fourth-order valence-electron chi connectivity index (χ4n) is 1.65. The maximum Gasteiger partial charge on any atom is 0.0514 e. The molecule has 13 heavy (non-hydrogen) atoms. The molecule has 0 saturated carbocycles. The number of rotatable bonds is 1. The molecule has 1 heterocycles. The number of allylic oxidation sites excluding steroid dienone is 1. The van der Waals surface area contributed by atoms with Crippen LogP contribution in [-0.4, -0.2) is 0 Å². The molecule has 1 aliphatic heterocycles. The van der Waals surface area contributed by atoms with Crippen molar-refractivity contribution in [2.45, 2.75) is 18.9 Å². The molecule has 1 nitrogen and oxygen atoms in total. The molecule has 0 aromatic heterocycles. The van der Waals surface area contributed by atoms with Gasteiger partial charge in [0, 0.05) is 10.7 Å². The van der Waals surface area contributed by atoms with Gasteiger partial charge in [-0.25, -0.2) is 0 Å². The van der Waals surface area contributed by atoms with Crippen LogP contribution in [0, 0.1) is 0 Å². The van der Waals surface area contributed by atoms with Gasteiger partial charge in [-0.05, 0) is 30.5 Å². The van der Waals surface area contributed by atoms with Gasteiger partial charge in [-0.15, -0.1) is 0 Å². The van der Waals surface area contributed by atoms with Gasteiger partial charge in [0.1, 0.15) is 0 Å². The molecule has 1 N–H and O–H groups in total. The first-order valence-electron chi connectivity index (χ1n) is 4.45. The number of hydrogen-bond donors (Lipinski definition) is 1. The molecule has 2 heteroatoms. The second-order valence-corrected chi connectivity index (χ2v) is 3.83. The first-order valence-corrected chi connectivity index (χ1v) is 4.83. The summed E-state index contributed by atoms with van der Waals surface area (Å²) in [6, 6.07) is 8.43. The average molecular weight is 194 g/mol. The highest BCUT2D eigenvalue weighted by molar-refractivity contribution is 6.30. The van der Waals surface area contributed by atoms with Crippen LogP contribution in [0.2, 0.25) is 5.02 Å². The molecule has 1 saturated heterocycles. The molecule has 0 spiro atoms. The lowest BCUT2D eigenvalue weighted by Crippen LogP contribution is -2.10. The fourth-order valence-corrected chi connectivity index (χ4v) is 1.78. The monoisotopic (exact) mass is 193 g/mol. The van der Waals surface area contributed by atoms with E-state index < -0.39 is 0 Å². The summed E-state index contributed by atoms with van der Waals surface area (Å²) >= 11 is 5.81. The summed E-state index contributed by atoms with van der Waals surface area (Å²) in [5, 5.41) is 4.14. The van der Waals surface area contributed by atoms with Gasteiger partial charge >= 0.3 is 0 Å². The normalized spacial score (nSPS) is 21.6. The van der Waals surface area contributed by atoms with E-state index in [1.165, 1.54) is 5.56 Å². The lowest BCUT2D eigenvalue weighted by molar-refractivity contribution is 0.664. The summed E-state index contributed by atoms with van der Waals surface area (Å²) < 4.78 is 0. The number of benzene rings is 1. The predicted octanol–water partition coefficient (Wildman–Crippen LogP) is 3.28. The molecule has 1 aromatic rings.